The summed E-state index contributed by atoms with van der Waals surface area (Å²) in [4.78, 5) is 14.4. The molecular weight excluding hydrogens is 292 g/mol. The second kappa shape index (κ2) is 8.34. The molecule has 134 valence electrons. The van der Waals surface area contributed by atoms with E-state index in [1.807, 2.05) is 25.7 Å². The number of likely N-dealkylation sites (tertiary alicyclic amines) is 1. The minimum atomic E-state index is -0.428. The zero-order valence-electron chi connectivity index (χ0n) is 15.3. The molecule has 3 unspecified atom stereocenters. The van der Waals surface area contributed by atoms with Crippen LogP contribution < -0.4 is 5.32 Å². The van der Waals surface area contributed by atoms with Crippen molar-refractivity contribution in [3.63, 3.8) is 0 Å². The van der Waals surface area contributed by atoms with Crippen LogP contribution in [0.25, 0.3) is 0 Å². The fourth-order valence-corrected chi connectivity index (χ4v) is 3.56. The monoisotopic (exact) mass is 326 g/mol. The molecule has 0 aromatic rings. The lowest BCUT2D eigenvalue weighted by Crippen LogP contribution is -2.50. The molecule has 2 aliphatic rings. The fourth-order valence-electron chi connectivity index (χ4n) is 3.56. The van der Waals surface area contributed by atoms with E-state index in [0.29, 0.717) is 12.1 Å². The first-order chi connectivity index (χ1) is 10.8. The van der Waals surface area contributed by atoms with Gasteiger partial charge in [-0.2, -0.15) is 0 Å². The molecule has 0 saturated carbocycles. The SMILES string of the molecule is CC(CC1CCCCN1C(=O)OC(C)(C)C)NC1CCCOC1. The maximum absolute atomic E-state index is 12.5. The van der Waals surface area contributed by atoms with Crippen LogP contribution in [0.2, 0.25) is 0 Å². The molecule has 2 saturated heterocycles. The van der Waals surface area contributed by atoms with Crippen molar-refractivity contribution in [1.82, 2.24) is 10.2 Å². The molecule has 0 aliphatic carbocycles. The van der Waals surface area contributed by atoms with Crippen LogP contribution in [0.4, 0.5) is 4.79 Å². The summed E-state index contributed by atoms with van der Waals surface area (Å²) in [6.45, 7) is 10.5. The first-order valence-electron chi connectivity index (χ1n) is 9.18. The molecule has 2 heterocycles. The molecule has 5 nitrogen and oxygen atoms in total. The largest absolute Gasteiger partial charge is 0.444 e. The molecule has 1 amide bonds. The Morgan fingerprint density at radius 1 is 1.30 bits per heavy atom. The molecule has 2 aliphatic heterocycles. The summed E-state index contributed by atoms with van der Waals surface area (Å²) in [6, 6.07) is 1.12. The van der Waals surface area contributed by atoms with Crippen molar-refractivity contribution < 1.29 is 14.3 Å². The number of ether oxygens (including phenoxy) is 2. The summed E-state index contributed by atoms with van der Waals surface area (Å²) >= 11 is 0. The van der Waals surface area contributed by atoms with Crippen molar-refractivity contribution in [2.75, 3.05) is 19.8 Å². The molecule has 1 N–H and O–H groups in total. The smallest absolute Gasteiger partial charge is 0.410 e. The summed E-state index contributed by atoms with van der Waals surface area (Å²) in [7, 11) is 0. The predicted molar refractivity (Wildman–Crippen MR) is 91.6 cm³/mol. The van der Waals surface area contributed by atoms with Crippen molar-refractivity contribution in [3.05, 3.63) is 0 Å². The number of rotatable bonds is 4. The van der Waals surface area contributed by atoms with E-state index in [9.17, 15) is 4.79 Å². The normalized spacial score (nSPS) is 27.6. The third kappa shape index (κ3) is 6.30. The number of piperidine rings is 1. The van der Waals surface area contributed by atoms with Gasteiger partial charge in [-0.1, -0.05) is 0 Å². The number of nitrogens with one attached hydrogen (secondary N) is 1. The highest BCUT2D eigenvalue weighted by Crippen LogP contribution is 2.24. The number of amides is 1. The van der Waals surface area contributed by atoms with Crippen LogP contribution in [-0.2, 0) is 9.47 Å². The van der Waals surface area contributed by atoms with Crippen LogP contribution in [0.15, 0.2) is 0 Å². The van der Waals surface area contributed by atoms with Gasteiger partial charge in [0.2, 0.25) is 0 Å². The molecule has 0 bridgehead atoms. The van der Waals surface area contributed by atoms with Gasteiger partial charge in [0.05, 0.1) is 6.61 Å². The molecule has 5 heteroatoms. The Labute approximate surface area is 141 Å². The number of carbonyl (C=O) groups excluding carboxylic acids is 1. The van der Waals surface area contributed by atoms with Crippen LogP contribution in [0.5, 0.6) is 0 Å². The summed E-state index contributed by atoms with van der Waals surface area (Å²) in [5.41, 5.74) is -0.428. The van der Waals surface area contributed by atoms with Gasteiger partial charge in [0.25, 0.3) is 0 Å². The van der Waals surface area contributed by atoms with Crippen LogP contribution in [0.1, 0.15) is 66.2 Å². The average Bonchev–Trinajstić information content (AvgIpc) is 2.47. The van der Waals surface area contributed by atoms with E-state index in [1.165, 1.54) is 12.8 Å². The minimum Gasteiger partial charge on any atom is -0.444 e. The maximum atomic E-state index is 12.5. The quantitative estimate of drug-likeness (QED) is 0.861. The summed E-state index contributed by atoms with van der Waals surface area (Å²) in [5.74, 6) is 0. The molecule has 0 aromatic carbocycles. The lowest BCUT2D eigenvalue weighted by atomic mass is 9.96. The van der Waals surface area contributed by atoms with Crippen molar-refractivity contribution in [2.45, 2.75) is 89.9 Å². The molecule has 0 aromatic heterocycles. The van der Waals surface area contributed by atoms with E-state index < -0.39 is 5.60 Å². The summed E-state index contributed by atoms with van der Waals surface area (Å²) in [5, 5.41) is 3.67. The van der Waals surface area contributed by atoms with Crippen molar-refractivity contribution in [1.29, 1.82) is 0 Å². The zero-order chi connectivity index (χ0) is 16.9. The first-order valence-corrected chi connectivity index (χ1v) is 9.18. The van der Waals surface area contributed by atoms with Crippen LogP contribution in [-0.4, -0.2) is 54.5 Å². The highest BCUT2D eigenvalue weighted by atomic mass is 16.6. The Balaban J connectivity index is 1.85. The highest BCUT2D eigenvalue weighted by molar-refractivity contribution is 5.68. The van der Waals surface area contributed by atoms with Gasteiger partial charge in [-0.05, 0) is 66.2 Å². The Kier molecular flexibility index (Phi) is 6.72. The van der Waals surface area contributed by atoms with E-state index in [-0.39, 0.29) is 12.1 Å². The van der Waals surface area contributed by atoms with Gasteiger partial charge in [0, 0.05) is 31.3 Å². The van der Waals surface area contributed by atoms with Crippen molar-refractivity contribution in [3.8, 4) is 0 Å². The van der Waals surface area contributed by atoms with Crippen molar-refractivity contribution >= 4 is 6.09 Å². The number of carbonyl (C=O) groups is 1. The van der Waals surface area contributed by atoms with Gasteiger partial charge in [-0.3, -0.25) is 0 Å². The standard InChI is InChI=1S/C18H34N2O3/c1-14(19-15-8-7-11-22-13-15)12-16-9-5-6-10-20(16)17(21)23-18(2,3)4/h14-16,19H,5-13H2,1-4H3. The van der Waals surface area contributed by atoms with Crippen LogP contribution in [0, 0.1) is 0 Å². The minimum absolute atomic E-state index is 0.157. The van der Waals surface area contributed by atoms with Gasteiger partial charge in [0.15, 0.2) is 0 Å². The van der Waals surface area contributed by atoms with E-state index in [1.54, 1.807) is 0 Å². The van der Waals surface area contributed by atoms with Gasteiger partial charge in [0.1, 0.15) is 5.60 Å². The number of nitrogens with zero attached hydrogens (tertiary/aromatic N) is 1. The Hall–Kier alpha value is -0.810. The summed E-state index contributed by atoms with van der Waals surface area (Å²) < 4.78 is 11.1. The molecule has 0 radical (unpaired) electrons. The molecule has 23 heavy (non-hydrogen) atoms. The highest BCUT2D eigenvalue weighted by Gasteiger charge is 2.31. The molecule has 0 spiro atoms. The van der Waals surface area contributed by atoms with E-state index in [4.69, 9.17) is 9.47 Å². The van der Waals surface area contributed by atoms with Crippen LogP contribution in [0.3, 0.4) is 0 Å². The summed E-state index contributed by atoms with van der Waals surface area (Å²) in [6.07, 6.45) is 6.50. The molecule has 2 rings (SSSR count). The Morgan fingerprint density at radius 2 is 2.09 bits per heavy atom. The first kappa shape index (κ1) is 18.5. The third-order valence-electron chi connectivity index (χ3n) is 4.56. The Morgan fingerprint density at radius 3 is 2.74 bits per heavy atom. The topological polar surface area (TPSA) is 50.8 Å². The van der Waals surface area contributed by atoms with E-state index >= 15 is 0 Å². The molecular formula is C18H34N2O3. The lowest BCUT2D eigenvalue weighted by molar-refractivity contribution is 0.00709. The van der Waals surface area contributed by atoms with E-state index in [2.05, 4.69) is 12.2 Å². The average molecular weight is 326 g/mol. The van der Waals surface area contributed by atoms with E-state index in [0.717, 1.165) is 45.4 Å². The fraction of sp³-hybridized carbons (Fsp3) is 0.944. The van der Waals surface area contributed by atoms with Gasteiger partial charge in [-0.15, -0.1) is 0 Å². The van der Waals surface area contributed by atoms with Gasteiger partial charge in [-0.25, -0.2) is 4.79 Å². The Bertz CT molecular complexity index is 375. The van der Waals surface area contributed by atoms with Gasteiger partial charge >= 0.3 is 6.09 Å². The number of hydrogen-bond acceptors (Lipinski definition) is 4. The second-order valence-electron chi connectivity index (χ2n) is 8.04. The molecule has 2 fully saturated rings. The third-order valence-corrected chi connectivity index (χ3v) is 4.56. The van der Waals surface area contributed by atoms with Gasteiger partial charge < -0.3 is 19.7 Å². The van der Waals surface area contributed by atoms with Crippen LogP contribution >= 0.6 is 0 Å². The molecule has 3 atom stereocenters. The second-order valence-corrected chi connectivity index (χ2v) is 8.04. The zero-order valence-corrected chi connectivity index (χ0v) is 15.3. The van der Waals surface area contributed by atoms with Crippen molar-refractivity contribution in [2.24, 2.45) is 0 Å². The number of hydrogen-bond donors (Lipinski definition) is 1. The lowest BCUT2D eigenvalue weighted by Gasteiger charge is -2.38. The maximum Gasteiger partial charge on any atom is 0.410 e. The predicted octanol–water partition coefficient (Wildman–Crippen LogP) is 3.32.